The van der Waals surface area contributed by atoms with Gasteiger partial charge < -0.3 is 4.90 Å². The van der Waals surface area contributed by atoms with Crippen LogP contribution >= 0.6 is 0 Å². The van der Waals surface area contributed by atoms with Crippen molar-refractivity contribution in [1.82, 2.24) is 4.90 Å². The van der Waals surface area contributed by atoms with E-state index >= 15 is 0 Å². The van der Waals surface area contributed by atoms with Crippen LogP contribution in [0.2, 0.25) is 0 Å². The van der Waals surface area contributed by atoms with Crippen LogP contribution in [0.15, 0.2) is 11.1 Å². The van der Waals surface area contributed by atoms with Gasteiger partial charge in [0, 0.05) is 6.54 Å². The van der Waals surface area contributed by atoms with Gasteiger partial charge in [0.05, 0.1) is 0 Å². The minimum atomic E-state index is 1.17. The van der Waals surface area contributed by atoms with E-state index in [2.05, 4.69) is 39.5 Å². The minimum absolute atomic E-state index is 1.17. The van der Waals surface area contributed by atoms with Gasteiger partial charge in [-0.3, -0.25) is 0 Å². The van der Waals surface area contributed by atoms with E-state index in [1.165, 1.54) is 31.6 Å². The molecular formula is C11H23N. The summed E-state index contributed by atoms with van der Waals surface area (Å²) in [5.74, 6) is 0. The largest absolute Gasteiger partial charge is 0.304 e. The lowest BCUT2D eigenvalue weighted by Gasteiger charge is -2.18. The fourth-order valence-electron chi connectivity index (χ4n) is 1.12. The highest BCUT2D eigenvalue weighted by Gasteiger charge is 1.99. The van der Waals surface area contributed by atoms with Gasteiger partial charge in [0.1, 0.15) is 0 Å². The smallest absolute Gasteiger partial charge is 0.00183 e. The van der Waals surface area contributed by atoms with E-state index in [1.807, 2.05) is 0 Å². The molecule has 12 heavy (non-hydrogen) atoms. The normalized spacial score (nSPS) is 10.5. The summed E-state index contributed by atoms with van der Waals surface area (Å²) in [7, 11) is 0. The quantitative estimate of drug-likeness (QED) is 0.572. The molecule has 0 aromatic rings. The van der Waals surface area contributed by atoms with Crippen LogP contribution in [0.3, 0.4) is 0 Å². The lowest BCUT2D eigenvalue weighted by Crippen LogP contribution is -2.24. The van der Waals surface area contributed by atoms with Crippen LogP contribution < -0.4 is 0 Å². The number of hydrogen-bond donors (Lipinski definition) is 0. The Morgan fingerprint density at radius 3 is 1.83 bits per heavy atom. The first-order valence-electron chi connectivity index (χ1n) is 4.97. The predicted octanol–water partition coefficient (Wildman–Crippen LogP) is 3.07. The molecule has 0 heterocycles. The summed E-state index contributed by atoms with van der Waals surface area (Å²) in [4.78, 5) is 2.46. The molecule has 0 aromatic carbocycles. The highest BCUT2D eigenvalue weighted by Crippen LogP contribution is 2.07. The third-order valence-electron chi connectivity index (χ3n) is 2.55. The molecule has 0 aliphatic rings. The van der Waals surface area contributed by atoms with E-state index in [0.717, 1.165) is 0 Å². The molecule has 0 saturated heterocycles. The summed E-state index contributed by atoms with van der Waals surface area (Å²) in [6.45, 7) is 14.6. The molecule has 0 N–H and O–H groups in total. The summed E-state index contributed by atoms with van der Waals surface area (Å²) in [6, 6.07) is 0. The molecule has 0 amide bonds. The van der Waals surface area contributed by atoms with Crippen LogP contribution in [0.5, 0.6) is 0 Å². The summed E-state index contributed by atoms with van der Waals surface area (Å²) >= 11 is 0. The van der Waals surface area contributed by atoms with Crippen LogP contribution in [-0.4, -0.2) is 24.5 Å². The van der Waals surface area contributed by atoms with Gasteiger partial charge in [0.15, 0.2) is 0 Å². The van der Waals surface area contributed by atoms with Gasteiger partial charge in [0.2, 0.25) is 0 Å². The van der Waals surface area contributed by atoms with E-state index in [9.17, 15) is 0 Å². The molecule has 0 fully saturated rings. The predicted molar refractivity (Wildman–Crippen MR) is 56.5 cm³/mol. The Bertz CT molecular complexity index is 139. The van der Waals surface area contributed by atoms with Crippen LogP contribution in [0.1, 0.15) is 41.0 Å². The topological polar surface area (TPSA) is 3.24 Å². The molecule has 0 spiro atoms. The molecule has 0 aliphatic carbocycles. The van der Waals surface area contributed by atoms with Crippen molar-refractivity contribution in [3.05, 3.63) is 11.1 Å². The van der Waals surface area contributed by atoms with Crippen molar-refractivity contribution < 1.29 is 0 Å². The van der Waals surface area contributed by atoms with Crippen molar-refractivity contribution in [3.63, 3.8) is 0 Å². The lowest BCUT2D eigenvalue weighted by molar-refractivity contribution is 0.307. The Balaban J connectivity index is 3.74. The van der Waals surface area contributed by atoms with Crippen molar-refractivity contribution in [2.45, 2.75) is 41.0 Å². The standard InChI is InChI=1S/C11H23N/c1-6-12(7-2)9-8-11(5)10(3)4/h6-9H2,1-5H3. The summed E-state index contributed by atoms with van der Waals surface area (Å²) in [5, 5.41) is 0. The second-order valence-electron chi connectivity index (χ2n) is 3.56. The Hall–Kier alpha value is -0.300. The fraction of sp³-hybridized carbons (Fsp3) is 0.818. The van der Waals surface area contributed by atoms with Gasteiger partial charge in [-0.2, -0.15) is 0 Å². The zero-order valence-electron chi connectivity index (χ0n) is 9.28. The van der Waals surface area contributed by atoms with E-state index in [4.69, 9.17) is 0 Å². The maximum atomic E-state index is 2.46. The zero-order valence-corrected chi connectivity index (χ0v) is 9.28. The number of nitrogens with zero attached hydrogens (tertiary/aromatic N) is 1. The number of allylic oxidation sites excluding steroid dienone is 1. The average Bonchev–Trinajstić information content (AvgIpc) is 2.05. The fourth-order valence-corrected chi connectivity index (χ4v) is 1.12. The monoisotopic (exact) mass is 169 g/mol. The molecule has 0 aliphatic heterocycles. The van der Waals surface area contributed by atoms with Gasteiger partial charge in [-0.25, -0.2) is 0 Å². The van der Waals surface area contributed by atoms with Gasteiger partial charge in [-0.05, 0) is 40.3 Å². The van der Waals surface area contributed by atoms with Crippen molar-refractivity contribution in [1.29, 1.82) is 0 Å². The molecule has 72 valence electrons. The Labute approximate surface area is 77.5 Å². The third-order valence-corrected chi connectivity index (χ3v) is 2.55. The minimum Gasteiger partial charge on any atom is -0.304 e. The molecule has 0 unspecified atom stereocenters. The third kappa shape index (κ3) is 4.55. The number of rotatable bonds is 5. The summed E-state index contributed by atoms with van der Waals surface area (Å²) in [6.07, 6.45) is 1.23. The molecule has 0 radical (unpaired) electrons. The lowest BCUT2D eigenvalue weighted by atomic mass is 10.1. The highest BCUT2D eigenvalue weighted by atomic mass is 15.1. The van der Waals surface area contributed by atoms with Gasteiger partial charge in [-0.1, -0.05) is 25.0 Å². The summed E-state index contributed by atoms with van der Waals surface area (Å²) < 4.78 is 0. The second kappa shape index (κ2) is 6.24. The molecule has 0 bridgehead atoms. The zero-order chi connectivity index (χ0) is 9.56. The van der Waals surface area contributed by atoms with Crippen LogP contribution in [0, 0.1) is 0 Å². The molecule has 0 atom stereocenters. The SMILES string of the molecule is CCN(CC)CCC(C)=C(C)C. The first-order valence-corrected chi connectivity index (χ1v) is 4.97. The Kier molecular flexibility index (Phi) is 6.09. The van der Waals surface area contributed by atoms with Crippen molar-refractivity contribution in [3.8, 4) is 0 Å². The maximum Gasteiger partial charge on any atom is 0.00183 e. The van der Waals surface area contributed by atoms with E-state index in [1.54, 1.807) is 5.57 Å². The average molecular weight is 169 g/mol. The van der Waals surface area contributed by atoms with Crippen LogP contribution in [0.25, 0.3) is 0 Å². The van der Waals surface area contributed by atoms with Gasteiger partial charge in [-0.15, -0.1) is 0 Å². The van der Waals surface area contributed by atoms with E-state index in [-0.39, 0.29) is 0 Å². The number of hydrogen-bond acceptors (Lipinski definition) is 1. The molecule has 0 saturated carbocycles. The first kappa shape index (κ1) is 11.7. The molecule has 0 aromatic heterocycles. The molecular weight excluding hydrogens is 146 g/mol. The molecule has 1 nitrogen and oxygen atoms in total. The van der Waals surface area contributed by atoms with Gasteiger partial charge in [0.25, 0.3) is 0 Å². The van der Waals surface area contributed by atoms with Crippen LogP contribution in [-0.2, 0) is 0 Å². The van der Waals surface area contributed by atoms with Crippen molar-refractivity contribution in [2.24, 2.45) is 0 Å². The van der Waals surface area contributed by atoms with Gasteiger partial charge >= 0.3 is 0 Å². The maximum absolute atomic E-state index is 2.46. The van der Waals surface area contributed by atoms with Crippen LogP contribution in [0.4, 0.5) is 0 Å². The van der Waals surface area contributed by atoms with E-state index < -0.39 is 0 Å². The highest BCUT2D eigenvalue weighted by molar-refractivity contribution is 5.06. The molecule has 0 rings (SSSR count). The van der Waals surface area contributed by atoms with Crippen molar-refractivity contribution in [2.75, 3.05) is 19.6 Å². The van der Waals surface area contributed by atoms with E-state index in [0.29, 0.717) is 0 Å². The summed E-state index contributed by atoms with van der Waals surface area (Å²) in [5.41, 5.74) is 3.02. The Morgan fingerprint density at radius 1 is 1.00 bits per heavy atom. The van der Waals surface area contributed by atoms with Crippen molar-refractivity contribution >= 4 is 0 Å². The molecule has 1 heteroatoms. The Morgan fingerprint density at radius 2 is 1.50 bits per heavy atom. The first-order chi connectivity index (χ1) is 5.61. The second-order valence-corrected chi connectivity index (χ2v) is 3.56.